The zero-order valence-corrected chi connectivity index (χ0v) is 10.8. The summed E-state index contributed by atoms with van der Waals surface area (Å²) in [5, 5.41) is 6.86. The molecule has 1 unspecified atom stereocenters. The molecule has 1 saturated heterocycles. The van der Waals surface area contributed by atoms with E-state index in [-0.39, 0.29) is 0 Å². The van der Waals surface area contributed by atoms with E-state index in [1.54, 1.807) is 11.3 Å². The van der Waals surface area contributed by atoms with Crippen LogP contribution in [0.5, 0.6) is 0 Å². The summed E-state index contributed by atoms with van der Waals surface area (Å²) >= 11 is 1.79. The predicted octanol–water partition coefficient (Wildman–Crippen LogP) is 3.20. The van der Waals surface area contributed by atoms with Crippen LogP contribution in [0.1, 0.15) is 22.9 Å². The Morgan fingerprint density at radius 2 is 2.12 bits per heavy atom. The van der Waals surface area contributed by atoms with Crippen molar-refractivity contribution in [2.75, 3.05) is 13.1 Å². The van der Waals surface area contributed by atoms with Crippen LogP contribution < -0.4 is 5.32 Å². The van der Waals surface area contributed by atoms with Crippen LogP contribution in [0.3, 0.4) is 0 Å². The van der Waals surface area contributed by atoms with Gasteiger partial charge in [0.2, 0.25) is 0 Å². The fraction of sp³-hybridized carbons (Fsp3) is 0.357. The molecular weight excluding hydrogens is 228 g/mol. The number of aromatic nitrogens is 1. The summed E-state index contributed by atoms with van der Waals surface area (Å²) in [6.45, 7) is 4.32. The van der Waals surface area contributed by atoms with Gasteiger partial charge in [0.15, 0.2) is 0 Å². The van der Waals surface area contributed by atoms with Gasteiger partial charge in [-0.15, -0.1) is 11.3 Å². The Bertz CT molecular complexity index is 495. The lowest BCUT2D eigenvalue weighted by Crippen LogP contribution is -2.07. The summed E-state index contributed by atoms with van der Waals surface area (Å²) in [6.07, 6.45) is 1.22. The monoisotopic (exact) mass is 244 g/mol. The van der Waals surface area contributed by atoms with Crippen molar-refractivity contribution >= 4 is 11.3 Å². The molecule has 0 amide bonds. The maximum atomic E-state index is 4.77. The van der Waals surface area contributed by atoms with Crippen LogP contribution in [0.25, 0.3) is 11.3 Å². The molecule has 1 aliphatic heterocycles. The third kappa shape index (κ3) is 2.26. The van der Waals surface area contributed by atoms with Gasteiger partial charge in [-0.3, -0.25) is 0 Å². The Balaban J connectivity index is 1.86. The molecule has 1 atom stereocenters. The topological polar surface area (TPSA) is 24.9 Å². The summed E-state index contributed by atoms with van der Waals surface area (Å²) in [5.41, 5.74) is 3.64. The quantitative estimate of drug-likeness (QED) is 0.877. The van der Waals surface area contributed by atoms with Crippen LogP contribution >= 0.6 is 11.3 Å². The highest BCUT2D eigenvalue weighted by molar-refractivity contribution is 7.10. The van der Waals surface area contributed by atoms with E-state index < -0.39 is 0 Å². The lowest BCUT2D eigenvalue weighted by atomic mass is 10.1. The maximum absolute atomic E-state index is 4.77. The molecule has 3 rings (SSSR count). The van der Waals surface area contributed by atoms with E-state index in [1.807, 2.05) is 0 Å². The standard InChI is InChI=1S/C14H16N2S/c1-10-2-4-11(5-3-10)13-9-17-14(16-13)12-6-7-15-8-12/h2-5,9,12,15H,6-8H2,1H3. The van der Waals surface area contributed by atoms with Crippen LogP contribution in [0.4, 0.5) is 0 Å². The molecule has 2 aromatic rings. The molecule has 17 heavy (non-hydrogen) atoms. The zero-order chi connectivity index (χ0) is 11.7. The minimum atomic E-state index is 0.624. The fourth-order valence-corrected chi connectivity index (χ4v) is 3.16. The van der Waals surface area contributed by atoms with Crippen molar-refractivity contribution < 1.29 is 0 Å². The van der Waals surface area contributed by atoms with E-state index in [2.05, 4.69) is 41.9 Å². The molecule has 2 nitrogen and oxygen atoms in total. The SMILES string of the molecule is Cc1ccc(-c2csc(C3CCNC3)n2)cc1. The van der Waals surface area contributed by atoms with E-state index in [0.29, 0.717) is 5.92 Å². The largest absolute Gasteiger partial charge is 0.316 e. The fourth-order valence-electron chi connectivity index (χ4n) is 2.20. The normalized spacial score (nSPS) is 19.7. The summed E-state index contributed by atoms with van der Waals surface area (Å²) in [7, 11) is 0. The summed E-state index contributed by atoms with van der Waals surface area (Å²) in [5.74, 6) is 0.624. The minimum Gasteiger partial charge on any atom is -0.316 e. The van der Waals surface area contributed by atoms with Gasteiger partial charge in [0.05, 0.1) is 10.7 Å². The first-order chi connectivity index (χ1) is 8.33. The number of thiazole rings is 1. The number of nitrogens with zero attached hydrogens (tertiary/aromatic N) is 1. The second-order valence-electron chi connectivity index (χ2n) is 4.63. The first-order valence-corrected chi connectivity index (χ1v) is 6.94. The van der Waals surface area contributed by atoms with Crippen LogP contribution in [-0.4, -0.2) is 18.1 Å². The number of aryl methyl sites for hydroxylation is 1. The average molecular weight is 244 g/mol. The molecule has 0 bridgehead atoms. The van der Waals surface area contributed by atoms with Gasteiger partial charge in [-0.1, -0.05) is 29.8 Å². The van der Waals surface area contributed by atoms with Crippen LogP contribution in [0, 0.1) is 6.92 Å². The second-order valence-corrected chi connectivity index (χ2v) is 5.52. The molecule has 0 aliphatic carbocycles. The molecule has 0 radical (unpaired) electrons. The van der Waals surface area contributed by atoms with Crippen molar-refractivity contribution in [3.05, 3.63) is 40.2 Å². The first-order valence-electron chi connectivity index (χ1n) is 6.06. The number of nitrogens with one attached hydrogen (secondary N) is 1. The Kier molecular flexibility index (Phi) is 2.95. The minimum absolute atomic E-state index is 0.624. The number of hydrogen-bond donors (Lipinski definition) is 1. The summed E-state index contributed by atoms with van der Waals surface area (Å²) in [6, 6.07) is 8.60. The molecule has 1 fully saturated rings. The van der Waals surface area contributed by atoms with Gasteiger partial charge < -0.3 is 5.32 Å². The van der Waals surface area contributed by atoms with Gasteiger partial charge >= 0.3 is 0 Å². The molecule has 0 spiro atoms. The maximum Gasteiger partial charge on any atom is 0.0976 e. The van der Waals surface area contributed by atoms with E-state index in [0.717, 1.165) is 18.8 Å². The molecule has 1 aromatic heterocycles. The van der Waals surface area contributed by atoms with Crippen LogP contribution in [0.2, 0.25) is 0 Å². The molecule has 1 aliphatic rings. The Labute approximate surface area is 106 Å². The smallest absolute Gasteiger partial charge is 0.0976 e. The van der Waals surface area contributed by atoms with Crippen molar-refractivity contribution in [3.8, 4) is 11.3 Å². The van der Waals surface area contributed by atoms with Gasteiger partial charge in [-0.25, -0.2) is 4.98 Å². The molecule has 0 saturated carbocycles. The van der Waals surface area contributed by atoms with Crippen molar-refractivity contribution in [2.45, 2.75) is 19.3 Å². The Morgan fingerprint density at radius 1 is 1.29 bits per heavy atom. The van der Waals surface area contributed by atoms with Gasteiger partial charge in [-0.2, -0.15) is 0 Å². The number of benzene rings is 1. The summed E-state index contributed by atoms with van der Waals surface area (Å²) in [4.78, 5) is 4.77. The third-order valence-corrected chi connectivity index (χ3v) is 4.29. The van der Waals surface area contributed by atoms with Crippen molar-refractivity contribution in [1.82, 2.24) is 10.3 Å². The third-order valence-electron chi connectivity index (χ3n) is 3.28. The molecule has 1 aromatic carbocycles. The molecule has 1 N–H and O–H groups in total. The van der Waals surface area contributed by atoms with Crippen LogP contribution in [0.15, 0.2) is 29.6 Å². The van der Waals surface area contributed by atoms with Crippen molar-refractivity contribution in [1.29, 1.82) is 0 Å². The van der Waals surface area contributed by atoms with E-state index in [1.165, 1.54) is 22.6 Å². The summed E-state index contributed by atoms with van der Waals surface area (Å²) < 4.78 is 0. The van der Waals surface area contributed by atoms with E-state index >= 15 is 0 Å². The average Bonchev–Trinajstić information content (AvgIpc) is 3.00. The van der Waals surface area contributed by atoms with Gasteiger partial charge in [0, 0.05) is 23.4 Å². The highest BCUT2D eigenvalue weighted by Gasteiger charge is 2.19. The van der Waals surface area contributed by atoms with Gasteiger partial charge in [0.25, 0.3) is 0 Å². The molecule has 3 heteroatoms. The zero-order valence-electron chi connectivity index (χ0n) is 9.94. The highest BCUT2D eigenvalue weighted by Crippen LogP contribution is 2.29. The van der Waals surface area contributed by atoms with Gasteiger partial charge in [-0.05, 0) is 19.9 Å². The van der Waals surface area contributed by atoms with Crippen LogP contribution in [-0.2, 0) is 0 Å². The van der Waals surface area contributed by atoms with E-state index in [4.69, 9.17) is 4.98 Å². The molecular formula is C14H16N2S. The highest BCUT2D eigenvalue weighted by atomic mass is 32.1. The predicted molar refractivity (Wildman–Crippen MR) is 72.5 cm³/mol. The lowest BCUT2D eigenvalue weighted by molar-refractivity contribution is 0.756. The first kappa shape index (κ1) is 10.9. The lowest BCUT2D eigenvalue weighted by Gasteiger charge is -2.02. The number of rotatable bonds is 2. The molecule has 88 valence electrons. The molecule has 2 heterocycles. The number of hydrogen-bond acceptors (Lipinski definition) is 3. The second kappa shape index (κ2) is 4.59. The van der Waals surface area contributed by atoms with Crippen molar-refractivity contribution in [3.63, 3.8) is 0 Å². The van der Waals surface area contributed by atoms with Gasteiger partial charge in [0.1, 0.15) is 0 Å². The Morgan fingerprint density at radius 3 is 2.82 bits per heavy atom. The Hall–Kier alpha value is -1.19. The van der Waals surface area contributed by atoms with Crippen molar-refractivity contribution in [2.24, 2.45) is 0 Å². The van der Waals surface area contributed by atoms with E-state index in [9.17, 15) is 0 Å².